The van der Waals surface area contributed by atoms with E-state index in [0.717, 1.165) is 24.1 Å². The van der Waals surface area contributed by atoms with Gasteiger partial charge in [-0.2, -0.15) is 0 Å². The number of amides is 2. The number of likely N-dealkylation sites (tertiary alicyclic amines) is 1. The van der Waals surface area contributed by atoms with Crippen molar-refractivity contribution in [3.05, 3.63) is 70.0 Å². The highest BCUT2D eigenvalue weighted by Crippen LogP contribution is 2.43. The maximum Gasteiger partial charge on any atom is 0.246 e. The molecule has 1 N–H and O–H groups in total. The number of carbonyl (C=O) groups is 2. The molecule has 5 nitrogen and oxygen atoms in total. The van der Waals surface area contributed by atoms with Gasteiger partial charge in [-0.1, -0.05) is 35.8 Å². The Bertz CT molecular complexity index is 1110. The number of fused-ring (bicyclic) bond motifs is 1. The van der Waals surface area contributed by atoms with Crippen LogP contribution >= 0.6 is 23.2 Å². The zero-order valence-electron chi connectivity index (χ0n) is 17.8. The number of nitrogens with one attached hydrogen (secondary N) is 1. The number of anilines is 2. The number of benzene rings is 2. The Kier molecular flexibility index (Phi) is 6.19. The molecule has 32 heavy (non-hydrogen) atoms. The van der Waals surface area contributed by atoms with Crippen LogP contribution in [0.1, 0.15) is 30.4 Å². The van der Waals surface area contributed by atoms with Crippen LogP contribution in [0, 0.1) is 5.82 Å². The van der Waals surface area contributed by atoms with Crippen molar-refractivity contribution in [3.8, 4) is 0 Å². The summed E-state index contributed by atoms with van der Waals surface area (Å²) in [5, 5.41) is 3.81. The van der Waals surface area contributed by atoms with E-state index in [1.807, 2.05) is 18.2 Å². The van der Waals surface area contributed by atoms with Crippen molar-refractivity contribution in [2.75, 3.05) is 30.4 Å². The van der Waals surface area contributed by atoms with Gasteiger partial charge in [-0.25, -0.2) is 4.39 Å². The summed E-state index contributed by atoms with van der Waals surface area (Å²) in [6, 6.07) is 8.50. The molecule has 8 heteroatoms. The van der Waals surface area contributed by atoms with Gasteiger partial charge in [-0.15, -0.1) is 0 Å². The largest absolute Gasteiger partial charge is 0.373 e. The average molecular weight is 476 g/mol. The minimum Gasteiger partial charge on any atom is -0.373 e. The summed E-state index contributed by atoms with van der Waals surface area (Å²) < 4.78 is 15.1. The fourth-order valence-electron chi connectivity index (χ4n) is 4.63. The summed E-state index contributed by atoms with van der Waals surface area (Å²) >= 11 is 12.7. The van der Waals surface area contributed by atoms with E-state index in [9.17, 15) is 9.59 Å². The smallest absolute Gasteiger partial charge is 0.246 e. The van der Waals surface area contributed by atoms with Crippen LogP contribution in [0.5, 0.6) is 0 Å². The van der Waals surface area contributed by atoms with Gasteiger partial charge in [-0.3, -0.25) is 9.59 Å². The van der Waals surface area contributed by atoms with Crippen molar-refractivity contribution in [1.29, 1.82) is 0 Å². The Morgan fingerprint density at radius 3 is 2.78 bits per heavy atom. The molecule has 0 saturated carbocycles. The Hall–Kier alpha value is -2.57. The van der Waals surface area contributed by atoms with Crippen LogP contribution < -0.4 is 10.2 Å². The molecule has 0 bridgehead atoms. The molecule has 2 aliphatic rings. The van der Waals surface area contributed by atoms with Gasteiger partial charge in [0.25, 0.3) is 0 Å². The number of rotatable bonds is 4. The van der Waals surface area contributed by atoms with Gasteiger partial charge < -0.3 is 15.1 Å². The lowest BCUT2D eigenvalue weighted by Gasteiger charge is -2.34. The second-order valence-corrected chi connectivity index (χ2v) is 9.07. The highest BCUT2D eigenvalue weighted by molar-refractivity contribution is 6.42. The van der Waals surface area contributed by atoms with Crippen molar-refractivity contribution in [2.24, 2.45) is 0 Å². The fourth-order valence-corrected chi connectivity index (χ4v) is 5.13. The molecule has 0 aliphatic carbocycles. The van der Waals surface area contributed by atoms with Crippen LogP contribution in [0.3, 0.4) is 0 Å². The first-order chi connectivity index (χ1) is 15.3. The zero-order valence-corrected chi connectivity index (χ0v) is 19.3. The molecule has 168 valence electrons. The third kappa shape index (κ3) is 3.97. The first-order valence-corrected chi connectivity index (χ1v) is 11.2. The van der Waals surface area contributed by atoms with Crippen molar-refractivity contribution in [1.82, 2.24) is 4.90 Å². The fraction of sp³-hybridized carbons (Fsp3) is 0.333. The van der Waals surface area contributed by atoms with Gasteiger partial charge in [0.05, 0.1) is 15.6 Å². The number of carbonyl (C=O) groups excluding carboxylic acids is 2. The number of nitrogens with zero attached hydrogens (tertiary/aromatic N) is 2. The summed E-state index contributed by atoms with van der Waals surface area (Å²) in [6.45, 7) is 4.16. The lowest BCUT2D eigenvalue weighted by Crippen LogP contribution is -2.41. The normalized spacial score (nSPS) is 20.7. The first-order valence-electron chi connectivity index (χ1n) is 10.5. The summed E-state index contributed by atoms with van der Waals surface area (Å²) in [5.74, 6) is -0.676. The van der Waals surface area contributed by atoms with Crippen molar-refractivity contribution in [3.63, 3.8) is 0 Å². The highest BCUT2D eigenvalue weighted by atomic mass is 35.5. The van der Waals surface area contributed by atoms with Crippen LogP contribution in [0.4, 0.5) is 15.8 Å². The molecule has 1 atom stereocenters. The van der Waals surface area contributed by atoms with E-state index in [1.165, 1.54) is 18.2 Å². The second kappa shape index (κ2) is 8.75. The molecule has 2 aliphatic heterocycles. The average Bonchev–Trinajstić information content (AvgIpc) is 3.14. The van der Waals surface area contributed by atoms with E-state index in [1.54, 1.807) is 16.8 Å². The van der Waals surface area contributed by atoms with E-state index in [0.29, 0.717) is 25.1 Å². The summed E-state index contributed by atoms with van der Waals surface area (Å²) in [5.41, 5.74) is 1.84. The molecule has 2 aromatic carbocycles. The minimum absolute atomic E-state index is 0.0585. The number of hydrogen-bond donors (Lipinski definition) is 1. The molecular weight excluding hydrogens is 452 g/mol. The Morgan fingerprint density at radius 2 is 2.03 bits per heavy atom. The van der Waals surface area contributed by atoms with Gasteiger partial charge in [0, 0.05) is 43.5 Å². The van der Waals surface area contributed by atoms with Crippen molar-refractivity contribution >= 4 is 46.4 Å². The zero-order chi connectivity index (χ0) is 23.0. The predicted molar refractivity (Wildman–Crippen MR) is 126 cm³/mol. The van der Waals surface area contributed by atoms with E-state index in [4.69, 9.17) is 23.2 Å². The van der Waals surface area contributed by atoms with Gasteiger partial charge in [0.1, 0.15) is 5.82 Å². The van der Waals surface area contributed by atoms with Crippen LogP contribution in [-0.4, -0.2) is 36.9 Å². The minimum atomic E-state index is -0.994. The molecule has 0 unspecified atom stereocenters. The van der Waals surface area contributed by atoms with E-state index < -0.39 is 11.4 Å². The molecule has 2 amide bonds. The molecule has 2 aromatic rings. The van der Waals surface area contributed by atoms with Crippen molar-refractivity contribution in [2.45, 2.75) is 31.2 Å². The van der Waals surface area contributed by atoms with Gasteiger partial charge >= 0.3 is 0 Å². The molecule has 4 rings (SSSR count). The second-order valence-electron chi connectivity index (χ2n) is 8.29. The van der Waals surface area contributed by atoms with Gasteiger partial charge in [0.2, 0.25) is 11.8 Å². The Morgan fingerprint density at radius 1 is 1.25 bits per heavy atom. The van der Waals surface area contributed by atoms with Gasteiger partial charge in [-0.05, 0) is 55.2 Å². The SMILES string of the molecule is C=CC(=O)N1CC[C@](Nc2ccc3c(c2)N(C)C(=O)CCC3)(c2c(F)ccc(Cl)c2Cl)C1. The van der Waals surface area contributed by atoms with Crippen LogP contribution in [-0.2, 0) is 21.5 Å². The van der Waals surface area contributed by atoms with Crippen LogP contribution in [0.2, 0.25) is 10.0 Å². The lowest BCUT2D eigenvalue weighted by molar-refractivity contribution is -0.125. The summed E-state index contributed by atoms with van der Waals surface area (Å²) in [4.78, 5) is 27.9. The van der Waals surface area contributed by atoms with Crippen molar-refractivity contribution < 1.29 is 14.0 Å². The molecule has 1 saturated heterocycles. The highest BCUT2D eigenvalue weighted by Gasteiger charge is 2.44. The standard InChI is InChI=1S/C24H24Cl2FN3O2/c1-3-20(31)30-12-11-24(14-30,22-18(27)10-9-17(25)23(22)26)28-16-8-7-15-5-4-6-21(32)29(2)19(15)13-16/h3,7-10,13,28H,1,4-6,11-12,14H2,2H3/t24-/m1/s1. The third-order valence-corrected chi connectivity index (χ3v) is 7.12. The monoisotopic (exact) mass is 475 g/mol. The molecule has 2 heterocycles. The molecule has 0 spiro atoms. The van der Waals surface area contributed by atoms with Crippen LogP contribution in [0.25, 0.3) is 0 Å². The quantitative estimate of drug-likeness (QED) is 0.490. The van der Waals surface area contributed by atoms with E-state index in [-0.39, 0.29) is 34.0 Å². The van der Waals surface area contributed by atoms with E-state index >= 15 is 4.39 Å². The molecule has 0 aromatic heterocycles. The molecule has 1 fully saturated rings. The first kappa shape index (κ1) is 22.6. The molecule has 0 radical (unpaired) electrons. The number of halogens is 3. The van der Waals surface area contributed by atoms with Crippen LogP contribution in [0.15, 0.2) is 43.0 Å². The topological polar surface area (TPSA) is 52.7 Å². The lowest BCUT2D eigenvalue weighted by atomic mass is 9.87. The third-order valence-electron chi connectivity index (χ3n) is 6.32. The molecular formula is C24H24Cl2FN3O2. The number of hydrogen-bond acceptors (Lipinski definition) is 3. The van der Waals surface area contributed by atoms with E-state index in [2.05, 4.69) is 11.9 Å². The summed E-state index contributed by atoms with van der Waals surface area (Å²) in [7, 11) is 1.76. The van der Waals surface area contributed by atoms with Gasteiger partial charge in [0.15, 0.2) is 0 Å². The Labute approximate surface area is 196 Å². The number of aryl methyl sites for hydroxylation is 1. The summed E-state index contributed by atoms with van der Waals surface area (Å²) in [6.07, 6.45) is 3.78. The predicted octanol–water partition coefficient (Wildman–Crippen LogP) is 5.16. The maximum atomic E-state index is 15.1. The Balaban J connectivity index is 1.79. The maximum absolute atomic E-state index is 15.1.